The molecule has 0 amide bonds. The molecule has 0 fully saturated rings. The van der Waals surface area contributed by atoms with Crippen LogP contribution in [0.4, 0.5) is 5.69 Å². The summed E-state index contributed by atoms with van der Waals surface area (Å²) in [6, 6.07) is 16.8. The van der Waals surface area contributed by atoms with Gasteiger partial charge in [0.05, 0.1) is 27.9 Å². The summed E-state index contributed by atoms with van der Waals surface area (Å²) in [5.41, 5.74) is 5.37. The fourth-order valence-electron chi connectivity index (χ4n) is 4.95. The molecule has 6 heteroatoms. The molecule has 3 aromatic carbocycles. The zero-order chi connectivity index (χ0) is 22.0. The predicted molar refractivity (Wildman–Crippen MR) is 126 cm³/mol. The summed E-state index contributed by atoms with van der Waals surface area (Å²) in [5.74, 6) is 1.46. The van der Waals surface area contributed by atoms with E-state index in [0.29, 0.717) is 13.2 Å². The van der Waals surface area contributed by atoms with Gasteiger partial charge in [0.25, 0.3) is 0 Å². The number of nitrogens with zero attached hydrogens (tertiary/aromatic N) is 2. The molecule has 3 aromatic rings. The van der Waals surface area contributed by atoms with E-state index >= 15 is 0 Å². The minimum absolute atomic E-state index is 0.579. The normalized spacial score (nSPS) is 18.7. The molecule has 0 saturated heterocycles. The largest absolute Gasteiger partial charge is 0.488 e. The number of rotatable bonds is 1. The van der Waals surface area contributed by atoms with Gasteiger partial charge in [0.15, 0.2) is 12.3 Å². The van der Waals surface area contributed by atoms with Crippen LogP contribution in [-0.2, 0) is 10.8 Å². The van der Waals surface area contributed by atoms with Gasteiger partial charge >= 0.3 is 0 Å². The molecule has 3 heterocycles. The van der Waals surface area contributed by atoms with E-state index in [4.69, 9.17) is 9.47 Å². The van der Waals surface area contributed by atoms with Crippen LogP contribution in [0.3, 0.4) is 0 Å². The Morgan fingerprint density at radius 3 is 2.59 bits per heavy atom. The number of fused-ring (bicyclic) bond motifs is 6. The Balaban J connectivity index is 1.80. The number of likely N-dealkylation sites (N-methyl/N-ethyl adjacent to an activating group) is 2. The van der Waals surface area contributed by atoms with Crippen LogP contribution in [0.2, 0.25) is 0 Å². The first-order valence-electron chi connectivity index (χ1n) is 10.9. The first kappa shape index (κ1) is 19.6. The van der Waals surface area contributed by atoms with Crippen molar-refractivity contribution in [1.29, 1.82) is 0 Å². The minimum atomic E-state index is -1.42. The van der Waals surface area contributed by atoms with Gasteiger partial charge in [0.2, 0.25) is 11.1 Å². The maximum Gasteiger partial charge on any atom is 0.243 e. The Morgan fingerprint density at radius 2 is 1.75 bits per heavy atom. The summed E-state index contributed by atoms with van der Waals surface area (Å²) in [6.45, 7) is 4.91. The molecule has 3 aliphatic rings. The van der Waals surface area contributed by atoms with Gasteiger partial charge in [-0.05, 0) is 35.8 Å². The minimum Gasteiger partial charge on any atom is -0.488 e. The molecule has 0 aliphatic carbocycles. The smallest absolute Gasteiger partial charge is 0.243 e. The third-order valence-electron chi connectivity index (χ3n) is 6.68. The van der Waals surface area contributed by atoms with E-state index in [0.717, 1.165) is 67.3 Å². The molecule has 0 spiro atoms. The zero-order valence-electron chi connectivity index (χ0n) is 18.5. The van der Waals surface area contributed by atoms with Gasteiger partial charge in [0, 0.05) is 23.9 Å². The van der Waals surface area contributed by atoms with Crippen molar-refractivity contribution in [3.05, 3.63) is 75.8 Å². The summed E-state index contributed by atoms with van der Waals surface area (Å²) in [7, 11) is 2.69. The summed E-state index contributed by atoms with van der Waals surface area (Å²) in [6.07, 6.45) is 0. The number of benzene rings is 3. The topological polar surface area (TPSA) is 41.8 Å². The van der Waals surface area contributed by atoms with Gasteiger partial charge in [-0.2, -0.15) is 0 Å². The second kappa shape index (κ2) is 7.20. The number of ether oxygens (including phenoxy) is 2. The SMILES string of the molecule is Cc1ccccc1C1=c2ccc3c(c2S(=O)c2c1ccc1c2OCCN1C)OCC[N+]=3C. The standard InChI is InChI=1S/C26H25N2O3S/c1-16-6-4-5-7-17(16)22-18-8-10-20-23(30-14-12-27(20)2)25(18)32(29)26-19(22)9-11-21-24(26)31-15-13-28(21)3/h4-11H,12-15H2,1-3H3/q+1. The Bertz CT molecular complexity index is 1440. The van der Waals surface area contributed by atoms with Crippen molar-refractivity contribution in [2.75, 3.05) is 45.3 Å². The summed E-state index contributed by atoms with van der Waals surface area (Å²) in [5, 5.41) is 1.96. The van der Waals surface area contributed by atoms with Gasteiger partial charge in [0.1, 0.15) is 25.2 Å². The highest BCUT2D eigenvalue weighted by molar-refractivity contribution is 7.85. The lowest BCUT2D eigenvalue weighted by Crippen LogP contribution is -2.39. The molecule has 0 saturated carbocycles. The van der Waals surface area contributed by atoms with Crippen molar-refractivity contribution < 1.29 is 13.7 Å². The molecule has 0 N–H and O–H groups in total. The van der Waals surface area contributed by atoms with Crippen LogP contribution in [0.15, 0.2) is 58.3 Å². The maximum atomic E-state index is 14.2. The first-order valence-corrected chi connectivity index (χ1v) is 12.1. The average molecular weight is 446 g/mol. The van der Waals surface area contributed by atoms with Crippen LogP contribution in [0.1, 0.15) is 16.7 Å². The van der Waals surface area contributed by atoms with Crippen LogP contribution >= 0.6 is 0 Å². The van der Waals surface area contributed by atoms with E-state index in [2.05, 4.69) is 79.0 Å². The molecule has 1 atom stereocenters. The van der Waals surface area contributed by atoms with E-state index in [1.54, 1.807) is 0 Å². The Labute approximate surface area is 189 Å². The molecule has 0 aromatic heterocycles. The van der Waals surface area contributed by atoms with Crippen molar-refractivity contribution in [2.45, 2.75) is 16.7 Å². The highest BCUT2D eigenvalue weighted by Gasteiger charge is 2.35. The molecular formula is C26H25N2O3S+. The lowest BCUT2D eigenvalue weighted by molar-refractivity contribution is 0.273. The van der Waals surface area contributed by atoms with Crippen LogP contribution < -0.4 is 29.5 Å². The molecule has 0 radical (unpaired) electrons. The van der Waals surface area contributed by atoms with E-state index in [1.807, 2.05) is 0 Å². The number of hydrogen-bond acceptors (Lipinski definition) is 4. The van der Waals surface area contributed by atoms with Crippen molar-refractivity contribution in [3.8, 4) is 11.5 Å². The average Bonchev–Trinajstić information content (AvgIpc) is 2.80. The summed E-state index contributed by atoms with van der Waals surface area (Å²) in [4.78, 5) is 3.68. The lowest BCUT2D eigenvalue weighted by Gasteiger charge is -2.32. The molecule has 3 aliphatic heterocycles. The molecule has 0 bridgehead atoms. The molecule has 6 rings (SSSR count). The van der Waals surface area contributed by atoms with E-state index in [9.17, 15) is 4.21 Å². The summed E-state index contributed by atoms with van der Waals surface area (Å²) < 4.78 is 28.7. The van der Waals surface area contributed by atoms with Crippen molar-refractivity contribution in [3.63, 3.8) is 0 Å². The monoisotopic (exact) mass is 445 g/mol. The fraction of sp³-hybridized carbons (Fsp3) is 0.269. The van der Waals surface area contributed by atoms with Gasteiger partial charge in [-0.1, -0.05) is 30.3 Å². The Hall–Kier alpha value is -3.12. The zero-order valence-corrected chi connectivity index (χ0v) is 19.3. The Morgan fingerprint density at radius 1 is 0.938 bits per heavy atom. The second-order valence-corrected chi connectivity index (χ2v) is 9.93. The number of anilines is 1. The van der Waals surface area contributed by atoms with Gasteiger partial charge in [-0.15, -0.1) is 0 Å². The van der Waals surface area contributed by atoms with Gasteiger partial charge in [-0.3, -0.25) is 0 Å². The predicted octanol–water partition coefficient (Wildman–Crippen LogP) is 2.06. The van der Waals surface area contributed by atoms with Gasteiger partial charge < -0.3 is 14.4 Å². The molecular weight excluding hydrogens is 420 g/mol. The second-order valence-electron chi connectivity index (χ2n) is 8.58. The quantitative estimate of drug-likeness (QED) is 0.421. The van der Waals surface area contributed by atoms with E-state index < -0.39 is 10.8 Å². The lowest BCUT2D eigenvalue weighted by atomic mass is 9.91. The number of aryl methyl sites for hydroxylation is 1. The third-order valence-corrected chi connectivity index (χ3v) is 8.23. The number of hydrogen-bond donors (Lipinski definition) is 0. The molecule has 162 valence electrons. The molecule has 1 unspecified atom stereocenters. The molecule has 5 nitrogen and oxygen atoms in total. The summed E-state index contributed by atoms with van der Waals surface area (Å²) >= 11 is 0. The van der Waals surface area contributed by atoms with Crippen LogP contribution in [0.5, 0.6) is 11.5 Å². The van der Waals surface area contributed by atoms with Crippen molar-refractivity contribution >= 4 is 22.1 Å². The first-order chi connectivity index (χ1) is 15.6. The highest BCUT2D eigenvalue weighted by atomic mass is 32.2. The van der Waals surface area contributed by atoms with E-state index in [1.165, 1.54) is 5.56 Å². The van der Waals surface area contributed by atoms with Crippen LogP contribution in [0.25, 0.3) is 5.57 Å². The highest BCUT2D eigenvalue weighted by Crippen LogP contribution is 2.45. The molecule has 32 heavy (non-hydrogen) atoms. The van der Waals surface area contributed by atoms with Crippen molar-refractivity contribution in [1.82, 2.24) is 4.58 Å². The third kappa shape index (κ3) is 2.69. The van der Waals surface area contributed by atoms with Crippen LogP contribution in [0, 0.1) is 6.92 Å². The maximum absolute atomic E-state index is 14.2. The van der Waals surface area contributed by atoms with E-state index in [-0.39, 0.29) is 0 Å². The van der Waals surface area contributed by atoms with Crippen LogP contribution in [-0.4, -0.2) is 44.6 Å². The fourth-order valence-corrected chi connectivity index (χ4v) is 6.56. The van der Waals surface area contributed by atoms with Gasteiger partial charge in [-0.25, -0.2) is 8.78 Å². The Kier molecular flexibility index (Phi) is 4.40. The van der Waals surface area contributed by atoms with Crippen molar-refractivity contribution in [2.24, 2.45) is 0 Å².